The van der Waals surface area contributed by atoms with Gasteiger partial charge in [-0.05, 0) is 36.8 Å². The second-order valence-electron chi connectivity index (χ2n) is 4.41. The number of nitrogens with one attached hydrogen (secondary N) is 1. The molecule has 3 unspecified atom stereocenters. The van der Waals surface area contributed by atoms with Crippen molar-refractivity contribution >= 4 is 23.4 Å². The molecule has 0 spiro atoms. The molecule has 1 saturated heterocycles. The summed E-state index contributed by atoms with van der Waals surface area (Å²) in [6, 6.07) is 9.18. The predicted octanol–water partition coefficient (Wildman–Crippen LogP) is 3.88. The van der Waals surface area contributed by atoms with Gasteiger partial charge in [0.1, 0.15) is 0 Å². The van der Waals surface area contributed by atoms with Gasteiger partial charge in [-0.3, -0.25) is 0 Å². The van der Waals surface area contributed by atoms with Gasteiger partial charge in [-0.2, -0.15) is 11.8 Å². The van der Waals surface area contributed by atoms with Gasteiger partial charge in [0.2, 0.25) is 0 Å². The molecule has 1 aliphatic heterocycles. The summed E-state index contributed by atoms with van der Waals surface area (Å²) >= 11 is 7.95. The van der Waals surface area contributed by atoms with Crippen molar-refractivity contribution in [2.75, 3.05) is 5.75 Å². The first-order valence-corrected chi connectivity index (χ1v) is 7.22. The second kappa shape index (κ2) is 5.44. The van der Waals surface area contributed by atoms with E-state index in [1.165, 1.54) is 17.7 Å². The minimum Gasteiger partial charge on any atom is -0.306 e. The topological polar surface area (TPSA) is 12.0 Å². The minimum absolute atomic E-state index is 0.406. The first-order chi connectivity index (χ1) is 7.66. The van der Waals surface area contributed by atoms with Crippen LogP contribution in [0.2, 0.25) is 5.02 Å². The van der Waals surface area contributed by atoms with E-state index in [1.54, 1.807) is 0 Å². The molecule has 2 rings (SSSR count). The Bertz CT molecular complexity index is 338. The van der Waals surface area contributed by atoms with Crippen LogP contribution in [0.4, 0.5) is 0 Å². The van der Waals surface area contributed by atoms with Crippen molar-refractivity contribution in [2.24, 2.45) is 0 Å². The lowest BCUT2D eigenvalue weighted by molar-refractivity contribution is 0.454. The molecular formula is C13H18ClNS. The molecule has 0 aliphatic carbocycles. The maximum absolute atomic E-state index is 5.89. The van der Waals surface area contributed by atoms with E-state index in [1.807, 2.05) is 12.1 Å². The molecule has 0 radical (unpaired) electrons. The SMILES string of the molecule is CC(NC1CCSC1C)c1ccc(Cl)cc1. The van der Waals surface area contributed by atoms with Gasteiger partial charge in [-0.1, -0.05) is 30.7 Å². The Morgan fingerprint density at radius 1 is 1.38 bits per heavy atom. The van der Waals surface area contributed by atoms with Crippen LogP contribution >= 0.6 is 23.4 Å². The maximum atomic E-state index is 5.89. The molecular weight excluding hydrogens is 238 g/mol. The zero-order chi connectivity index (χ0) is 11.5. The predicted molar refractivity (Wildman–Crippen MR) is 73.3 cm³/mol. The number of hydrogen-bond acceptors (Lipinski definition) is 2. The fraction of sp³-hybridized carbons (Fsp3) is 0.538. The lowest BCUT2D eigenvalue weighted by Gasteiger charge is -2.22. The van der Waals surface area contributed by atoms with Crippen molar-refractivity contribution in [1.82, 2.24) is 5.32 Å². The molecule has 1 fully saturated rings. The van der Waals surface area contributed by atoms with Gasteiger partial charge >= 0.3 is 0 Å². The van der Waals surface area contributed by atoms with Gasteiger partial charge in [0.15, 0.2) is 0 Å². The summed E-state index contributed by atoms with van der Waals surface area (Å²) in [5, 5.41) is 5.24. The fourth-order valence-corrected chi connectivity index (χ4v) is 3.45. The molecule has 0 aromatic heterocycles. The van der Waals surface area contributed by atoms with Gasteiger partial charge in [0.05, 0.1) is 0 Å². The molecule has 1 nitrogen and oxygen atoms in total. The molecule has 0 bridgehead atoms. The number of hydrogen-bond donors (Lipinski definition) is 1. The third-order valence-corrected chi connectivity index (χ3v) is 4.79. The Balaban J connectivity index is 1.97. The molecule has 1 aliphatic rings. The van der Waals surface area contributed by atoms with Crippen molar-refractivity contribution in [1.29, 1.82) is 0 Å². The highest BCUT2D eigenvalue weighted by atomic mass is 35.5. The van der Waals surface area contributed by atoms with E-state index in [4.69, 9.17) is 11.6 Å². The average Bonchev–Trinajstić information content (AvgIpc) is 2.65. The normalized spacial score (nSPS) is 26.9. The van der Waals surface area contributed by atoms with E-state index in [-0.39, 0.29) is 0 Å². The van der Waals surface area contributed by atoms with Crippen molar-refractivity contribution in [3.63, 3.8) is 0 Å². The average molecular weight is 256 g/mol. The van der Waals surface area contributed by atoms with Crippen LogP contribution in [0.1, 0.15) is 31.9 Å². The van der Waals surface area contributed by atoms with Crippen LogP contribution in [0.5, 0.6) is 0 Å². The van der Waals surface area contributed by atoms with Crippen LogP contribution in [-0.2, 0) is 0 Å². The van der Waals surface area contributed by atoms with Crippen LogP contribution in [0, 0.1) is 0 Å². The Labute approximate surface area is 107 Å². The van der Waals surface area contributed by atoms with Gasteiger partial charge in [0.25, 0.3) is 0 Å². The summed E-state index contributed by atoms with van der Waals surface area (Å²) in [5.41, 5.74) is 1.31. The molecule has 88 valence electrons. The van der Waals surface area contributed by atoms with E-state index < -0.39 is 0 Å². The van der Waals surface area contributed by atoms with Crippen LogP contribution in [0.3, 0.4) is 0 Å². The molecule has 1 N–H and O–H groups in total. The molecule has 1 aromatic carbocycles. The third-order valence-electron chi connectivity index (χ3n) is 3.21. The second-order valence-corrected chi connectivity index (χ2v) is 6.33. The Morgan fingerprint density at radius 3 is 2.62 bits per heavy atom. The number of halogens is 1. The summed E-state index contributed by atoms with van der Waals surface area (Å²) in [4.78, 5) is 0. The van der Waals surface area contributed by atoms with Crippen LogP contribution in [-0.4, -0.2) is 17.0 Å². The molecule has 3 atom stereocenters. The summed E-state index contributed by atoms with van der Waals surface area (Å²) in [6.45, 7) is 4.53. The quantitative estimate of drug-likeness (QED) is 0.880. The lowest BCUT2D eigenvalue weighted by atomic mass is 10.1. The zero-order valence-electron chi connectivity index (χ0n) is 9.74. The smallest absolute Gasteiger partial charge is 0.0406 e. The Kier molecular flexibility index (Phi) is 4.17. The number of rotatable bonds is 3. The Morgan fingerprint density at radius 2 is 2.06 bits per heavy atom. The highest BCUT2D eigenvalue weighted by Gasteiger charge is 2.25. The first-order valence-electron chi connectivity index (χ1n) is 5.80. The van der Waals surface area contributed by atoms with Gasteiger partial charge in [-0.15, -0.1) is 0 Å². The number of thioether (sulfide) groups is 1. The summed E-state index contributed by atoms with van der Waals surface area (Å²) in [6.07, 6.45) is 1.28. The van der Waals surface area contributed by atoms with E-state index in [2.05, 4.69) is 43.1 Å². The zero-order valence-corrected chi connectivity index (χ0v) is 11.3. The molecule has 0 saturated carbocycles. The molecule has 1 heterocycles. The van der Waals surface area contributed by atoms with Crippen molar-refractivity contribution in [3.8, 4) is 0 Å². The minimum atomic E-state index is 0.406. The van der Waals surface area contributed by atoms with Crippen LogP contribution < -0.4 is 5.32 Å². The highest BCUT2D eigenvalue weighted by Crippen LogP contribution is 2.28. The van der Waals surface area contributed by atoms with Crippen molar-refractivity contribution in [3.05, 3.63) is 34.9 Å². The Hall–Kier alpha value is -0.180. The van der Waals surface area contributed by atoms with Gasteiger partial charge in [0, 0.05) is 22.4 Å². The summed E-state index contributed by atoms with van der Waals surface area (Å²) in [7, 11) is 0. The molecule has 1 aromatic rings. The number of benzene rings is 1. The van der Waals surface area contributed by atoms with Gasteiger partial charge in [-0.25, -0.2) is 0 Å². The summed E-state index contributed by atoms with van der Waals surface area (Å²) in [5.74, 6) is 1.28. The summed E-state index contributed by atoms with van der Waals surface area (Å²) < 4.78 is 0. The largest absolute Gasteiger partial charge is 0.306 e. The van der Waals surface area contributed by atoms with Gasteiger partial charge < -0.3 is 5.32 Å². The molecule has 16 heavy (non-hydrogen) atoms. The van der Waals surface area contributed by atoms with E-state index >= 15 is 0 Å². The maximum Gasteiger partial charge on any atom is 0.0406 e. The van der Waals surface area contributed by atoms with E-state index in [0.29, 0.717) is 12.1 Å². The lowest BCUT2D eigenvalue weighted by Crippen LogP contribution is -2.35. The highest BCUT2D eigenvalue weighted by molar-refractivity contribution is 8.00. The molecule has 3 heteroatoms. The first kappa shape index (κ1) is 12.3. The fourth-order valence-electron chi connectivity index (χ4n) is 2.12. The van der Waals surface area contributed by atoms with Crippen LogP contribution in [0.15, 0.2) is 24.3 Å². The monoisotopic (exact) mass is 255 g/mol. The van der Waals surface area contributed by atoms with Crippen LogP contribution in [0.25, 0.3) is 0 Å². The van der Waals surface area contributed by atoms with E-state index in [0.717, 1.165) is 10.3 Å². The standard InChI is InChI=1S/C13H18ClNS/c1-9(11-3-5-12(14)6-4-11)15-13-7-8-16-10(13)2/h3-6,9-10,13,15H,7-8H2,1-2H3. The third kappa shape index (κ3) is 2.93. The van der Waals surface area contributed by atoms with Crippen molar-refractivity contribution < 1.29 is 0 Å². The molecule has 0 amide bonds. The van der Waals surface area contributed by atoms with Crippen molar-refractivity contribution in [2.45, 2.75) is 37.6 Å². The van der Waals surface area contributed by atoms with E-state index in [9.17, 15) is 0 Å².